The van der Waals surface area contributed by atoms with Crippen molar-refractivity contribution in [3.05, 3.63) is 47.7 Å². The van der Waals surface area contributed by atoms with Gasteiger partial charge in [-0.3, -0.25) is 0 Å². The average molecular weight is 332 g/mol. The van der Waals surface area contributed by atoms with Crippen molar-refractivity contribution in [1.29, 1.82) is 0 Å². The number of benzene rings is 1. The summed E-state index contributed by atoms with van der Waals surface area (Å²) in [6, 6.07) is 9.91. The fourth-order valence-corrected chi connectivity index (χ4v) is 4.32. The van der Waals surface area contributed by atoms with E-state index in [4.69, 9.17) is 0 Å². The van der Waals surface area contributed by atoms with E-state index in [0.29, 0.717) is 24.7 Å². The first-order valence-electron chi connectivity index (χ1n) is 7.60. The van der Waals surface area contributed by atoms with E-state index in [1.165, 1.54) is 5.56 Å². The van der Waals surface area contributed by atoms with Crippen molar-refractivity contribution in [2.24, 2.45) is 0 Å². The van der Waals surface area contributed by atoms with Gasteiger partial charge in [0.2, 0.25) is 5.95 Å². The van der Waals surface area contributed by atoms with Gasteiger partial charge in [0.15, 0.2) is 9.84 Å². The van der Waals surface area contributed by atoms with Crippen LogP contribution in [0.5, 0.6) is 0 Å². The molecule has 1 fully saturated rings. The third-order valence-corrected chi connectivity index (χ3v) is 5.54. The summed E-state index contributed by atoms with van der Waals surface area (Å²) < 4.78 is 23.0. The number of aromatic nitrogens is 2. The molecule has 7 heteroatoms. The van der Waals surface area contributed by atoms with Gasteiger partial charge in [-0.1, -0.05) is 29.8 Å². The first-order chi connectivity index (χ1) is 11.0. The number of hydrogen-bond donors (Lipinski definition) is 2. The van der Waals surface area contributed by atoms with Crippen LogP contribution in [0, 0.1) is 6.92 Å². The minimum absolute atomic E-state index is 0.0699. The molecular weight excluding hydrogens is 312 g/mol. The number of anilines is 2. The van der Waals surface area contributed by atoms with Crippen molar-refractivity contribution < 1.29 is 8.42 Å². The highest BCUT2D eigenvalue weighted by Crippen LogP contribution is 2.17. The number of nitrogens with one attached hydrogen (secondary N) is 2. The maximum Gasteiger partial charge on any atom is 0.224 e. The second kappa shape index (κ2) is 6.54. The Morgan fingerprint density at radius 3 is 2.91 bits per heavy atom. The molecule has 0 radical (unpaired) electrons. The third-order valence-electron chi connectivity index (χ3n) is 3.77. The smallest absolute Gasteiger partial charge is 0.224 e. The van der Waals surface area contributed by atoms with Crippen LogP contribution in [0.25, 0.3) is 0 Å². The summed E-state index contributed by atoms with van der Waals surface area (Å²) >= 11 is 0. The van der Waals surface area contributed by atoms with Crippen molar-refractivity contribution in [2.45, 2.75) is 25.9 Å². The molecule has 1 aliphatic rings. The highest BCUT2D eigenvalue weighted by Gasteiger charge is 2.27. The summed E-state index contributed by atoms with van der Waals surface area (Å²) in [6.45, 7) is 2.70. The van der Waals surface area contributed by atoms with Gasteiger partial charge in [-0.25, -0.2) is 13.4 Å². The second-order valence-corrected chi connectivity index (χ2v) is 8.08. The van der Waals surface area contributed by atoms with Gasteiger partial charge in [0.1, 0.15) is 5.82 Å². The Kier molecular flexibility index (Phi) is 4.47. The zero-order chi connectivity index (χ0) is 16.3. The minimum Gasteiger partial charge on any atom is -0.366 e. The lowest BCUT2D eigenvalue weighted by Crippen LogP contribution is -2.21. The van der Waals surface area contributed by atoms with Crippen molar-refractivity contribution in [3.63, 3.8) is 0 Å². The van der Waals surface area contributed by atoms with E-state index in [1.54, 1.807) is 12.3 Å². The molecule has 1 aliphatic heterocycles. The van der Waals surface area contributed by atoms with E-state index in [9.17, 15) is 8.42 Å². The van der Waals surface area contributed by atoms with Crippen LogP contribution in [-0.2, 0) is 16.4 Å². The summed E-state index contributed by atoms with van der Waals surface area (Å²) in [5.74, 6) is 1.59. The molecule has 23 heavy (non-hydrogen) atoms. The fraction of sp³-hybridized carbons (Fsp3) is 0.375. The van der Waals surface area contributed by atoms with E-state index in [0.717, 1.165) is 5.56 Å². The van der Waals surface area contributed by atoms with E-state index < -0.39 is 9.84 Å². The molecule has 2 heterocycles. The van der Waals surface area contributed by atoms with Crippen molar-refractivity contribution in [2.75, 3.05) is 22.1 Å². The van der Waals surface area contributed by atoms with Gasteiger partial charge in [0.25, 0.3) is 0 Å². The molecule has 6 nitrogen and oxygen atoms in total. The highest BCUT2D eigenvalue weighted by molar-refractivity contribution is 7.91. The first-order valence-corrected chi connectivity index (χ1v) is 9.42. The Bertz CT molecular complexity index is 792. The summed E-state index contributed by atoms with van der Waals surface area (Å²) in [5, 5.41) is 6.36. The predicted octanol–water partition coefficient (Wildman–Crippen LogP) is 2.00. The molecule has 0 saturated carbocycles. The maximum atomic E-state index is 11.5. The predicted molar refractivity (Wildman–Crippen MR) is 91.2 cm³/mol. The fourth-order valence-electron chi connectivity index (χ4n) is 2.65. The first kappa shape index (κ1) is 15.7. The Morgan fingerprint density at radius 2 is 2.17 bits per heavy atom. The molecule has 1 aromatic heterocycles. The lowest BCUT2D eigenvalue weighted by molar-refractivity contribution is 0.602. The Morgan fingerprint density at radius 1 is 1.30 bits per heavy atom. The van der Waals surface area contributed by atoms with E-state index >= 15 is 0 Å². The molecule has 1 atom stereocenters. The van der Waals surface area contributed by atoms with Crippen molar-refractivity contribution in [1.82, 2.24) is 9.97 Å². The number of nitrogens with zero attached hydrogens (tertiary/aromatic N) is 2. The topological polar surface area (TPSA) is 84.0 Å². The van der Waals surface area contributed by atoms with Crippen molar-refractivity contribution in [3.8, 4) is 0 Å². The highest BCUT2D eigenvalue weighted by atomic mass is 32.2. The molecule has 122 valence electrons. The Hall–Kier alpha value is -2.15. The molecule has 1 saturated heterocycles. The van der Waals surface area contributed by atoms with Crippen LogP contribution < -0.4 is 10.6 Å². The molecule has 0 bridgehead atoms. The zero-order valence-corrected chi connectivity index (χ0v) is 13.8. The normalized spacial score (nSPS) is 19.4. The van der Waals surface area contributed by atoms with Crippen LogP contribution in [-0.4, -0.2) is 35.9 Å². The van der Waals surface area contributed by atoms with Gasteiger partial charge >= 0.3 is 0 Å². The molecule has 1 aromatic carbocycles. The quantitative estimate of drug-likeness (QED) is 0.871. The van der Waals surface area contributed by atoms with E-state index in [2.05, 4.69) is 39.7 Å². The molecule has 2 N–H and O–H groups in total. The molecule has 0 aliphatic carbocycles. The third kappa shape index (κ3) is 4.41. The lowest BCUT2D eigenvalue weighted by Gasteiger charge is -2.12. The standard InChI is InChI=1S/C16H20N4O2S/c1-12-3-2-4-13(9-12)10-18-16-17-7-5-15(20-16)19-14-6-8-23(21,22)11-14/h2-5,7,9,14H,6,8,10-11H2,1H3,(H2,17,18,19,20). The van der Waals surface area contributed by atoms with Crippen LogP contribution in [0.3, 0.4) is 0 Å². The van der Waals surface area contributed by atoms with Gasteiger partial charge in [-0.05, 0) is 25.0 Å². The number of hydrogen-bond acceptors (Lipinski definition) is 6. The van der Waals surface area contributed by atoms with Crippen LogP contribution >= 0.6 is 0 Å². The minimum atomic E-state index is -2.90. The number of sulfone groups is 1. The van der Waals surface area contributed by atoms with Crippen LogP contribution in [0.4, 0.5) is 11.8 Å². The largest absolute Gasteiger partial charge is 0.366 e. The van der Waals surface area contributed by atoms with E-state index in [-0.39, 0.29) is 17.5 Å². The summed E-state index contributed by atoms with van der Waals surface area (Å²) in [4.78, 5) is 8.59. The van der Waals surface area contributed by atoms with Crippen LogP contribution in [0.15, 0.2) is 36.5 Å². The SMILES string of the molecule is Cc1cccc(CNc2nccc(NC3CCS(=O)(=O)C3)n2)c1. The Labute approximate surface area is 136 Å². The van der Waals surface area contributed by atoms with E-state index in [1.807, 2.05) is 12.1 Å². The molecular formula is C16H20N4O2S. The van der Waals surface area contributed by atoms with Gasteiger partial charge in [-0.15, -0.1) is 0 Å². The maximum absolute atomic E-state index is 11.5. The van der Waals surface area contributed by atoms with Gasteiger partial charge in [0, 0.05) is 18.8 Å². The van der Waals surface area contributed by atoms with Crippen LogP contribution in [0.1, 0.15) is 17.5 Å². The molecule has 3 rings (SSSR count). The number of rotatable bonds is 5. The van der Waals surface area contributed by atoms with Crippen molar-refractivity contribution >= 4 is 21.6 Å². The number of aryl methyl sites for hydroxylation is 1. The Balaban J connectivity index is 1.61. The lowest BCUT2D eigenvalue weighted by atomic mass is 10.1. The molecule has 2 aromatic rings. The van der Waals surface area contributed by atoms with Gasteiger partial charge in [-0.2, -0.15) is 4.98 Å². The summed E-state index contributed by atoms with van der Waals surface area (Å²) in [5.41, 5.74) is 2.37. The van der Waals surface area contributed by atoms with Crippen LogP contribution in [0.2, 0.25) is 0 Å². The summed E-state index contributed by atoms with van der Waals surface area (Å²) in [6.07, 6.45) is 2.29. The molecule has 0 amide bonds. The van der Waals surface area contributed by atoms with Gasteiger partial charge < -0.3 is 10.6 Å². The second-order valence-electron chi connectivity index (χ2n) is 5.85. The van der Waals surface area contributed by atoms with Gasteiger partial charge in [0.05, 0.1) is 11.5 Å². The molecule has 0 spiro atoms. The summed E-state index contributed by atoms with van der Waals surface area (Å²) in [7, 11) is -2.90. The average Bonchev–Trinajstić information content (AvgIpc) is 2.84. The molecule has 1 unspecified atom stereocenters. The zero-order valence-electron chi connectivity index (χ0n) is 13.0. The monoisotopic (exact) mass is 332 g/mol.